The van der Waals surface area contributed by atoms with E-state index >= 15 is 0 Å². The van der Waals surface area contributed by atoms with Crippen molar-refractivity contribution >= 4 is 34.6 Å². The highest BCUT2D eigenvalue weighted by atomic mass is 35.5. The normalized spacial score (nSPS) is 12.7. The molecule has 6 heteroatoms. The van der Waals surface area contributed by atoms with Crippen molar-refractivity contribution in [1.82, 2.24) is 15.1 Å². The molecule has 2 rings (SSSR count). The molecule has 0 radical (unpaired) electrons. The summed E-state index contributed by atoms with van der Waals surface area (Å²) in [6, 6.07) is 7.78. The third-order valence-corrected chi connectivity index (χ3v) is 4.18. The molecule has 1 aromatic heterocycles. The zero-order valence-corrected chi connectivity index (χ0v) is 15.5. The summed E-state index contributed by atoms with van der Waals surface area (Å²) in [5.41, 5.74) is 2.04. The fraction of sp³-hybridized carbons (Fsp3) is 0.412. The fourth-order valence-corrected chi connectivity index (χ4v) is 2.60. The van der Waals surface area contributed by atoms with Crippen LogP contribution in [-0.4, -0.2) is 20.9 Å². The quantitative estimate of drug-likeness (QED) is 0.809. The van der Waals surface area contributed by atoms with E-state index in [1.165, 1.54) is 0 Å². The Balaban J connectivity index is 2.07. The molecular formula is C17H23ClN4S. The van der Waals surface area contributed by atoms with E-state index in [1.807, 2.05) is 42.1 Å². The van der Waals surface area contributed by atoms with Crippen LogP contribution in [0.3, 0.4) is 0 Å². The first-order valence-electron chi connectivity index (χ1n) is 7.57. The van der Waals surface area contributed by atoms with E-state index in [-0.39, 0.29) is 11.5 Å². The van der Waals surface area contributed by atoms with Crippen LogP contribution in [0.5, 0.6) is 0 Å². The summed E-state index contributed by atoms with van der Waals surface area (Å²) in [7, 11) is 0. The number of anilines is 1. The fourth-order valence-electron chi connectivity index (χ4n) is 2.18. The number of hydrogen-bond donors (Lipinski definition) is 2. The molecule has 1 unspecified atom stereocenters. The Hall–Kier alpha value is -1.59. The highest BCUT2D eigenvalue weighted by molar-refractivity contribution is 7.80. The van der Waals surface area contributed by atoms with Gasteiger partial charge in [0.15, 0.2) is 5.11 Å². The standard InChI is InChI=1S/C17H23ClN4S/c1-12-6-7-13(18)10-14(12)20-16(23)21-15(17(2,3)4)11-22-9-5-8-19-22/h5-10,15H,11H2,1-4H3,(H2,20,21,23). The first-order chi connectivity index (χ1) is 10.8. The molecule has 1 heterocycles. The molecular weight excluding hydrogens is 328 g/mol. The summed E-state index contributed by atoms with van der Waals surface area (Å²) in [5.74, 6) is 0. The molecule has 0 bridgehead atoms. The zero-order chi connectivity index (χ0) is 17.0. The van der Waals surface area contributed by atoms with Crippen LogP contribution >= 0.6 is 23.8 Å². The maximum atomic E-state index is 6.06. The third-order valence-electron chi connectivity index (χ3n) is 3.73. The van der Waals surface area contributed by atoms with Crippen LogP contribution in [0.25, 0.3) is 0 Å². The Bertz CT molecular complexity index is 662. The monoisotopic (exact) mass is 350 g/mol. The largest absolute Gasteiger partial charge is 0.357 e. The zero-order valence-electron chi connectivity index (χ0n) is 13.9. The molecule has 0 aliphatic carbocycles. The van der Waals surface area contributed by atoms with Gasteiger partial charge in [-0.05, 0) is 48.3 Å². The number of halogens is 1. The van der Waals surface area contributed by atoms with Gasteiger partial charge in [-0.3, -0.25) is 4.68 Å². The van der Waals surface area contributed by atoms with Gasteiger partial charge in [0.1, 0.15) is 0 Å². The van der Waals surface area contributed by atoms with Crippen LogP contribution < -0.4 is 10.6 Å². The van der Waals surface area contributed by atoms with Crippen molar-refractivity contribution in [3.8, 4) is 0 Å². The Morgan fingerprint density at radius 1 is 1.39 bits per heavy atom. The average molecular weight is 351 g/mol. The van der Waals surface area contributed by atoms with Crippen molar-refractivity contribution in [3.63, 3.8) is 0 Å². The molecule has 0 amide bonds. The van der Waals surface area contributed by atoms with Crippen LogP contribution in [0.2, 0.25) is 5.02 Å². The second-order valence-corrected chi connectivity index (χ2v) is 7.55. The van der Waals surface area contributed by atoms with Gasteiger partial charge in [-0.1, -0.05) is 38.4 Å². The average Bonchev–Trinajstić information content (AvgIpc) is 2.94. The number of aryl methyl sites for hydroxylation is 1. The van der Waals surface area contributed by atoms with Gasteiger partial charge < -0.3 is 10.6 Å². The van der Waals surface area contributed by atoms with E-state index in [4.69, 9.17) is 23.8 Å². The summed E-state index contributed by atoms with van der Waals surface area (Å²) in [5, 5.41) is 12.2. The molecule has 23 heavy (non-hydrogen) atoms. The van der Waals surface area contributed by atoms with E-state index in [9.17, 15) is 0 Å². The third kappa shape index (κ3) is 5.22. The molecule has 4 nitrogen and oxygen atoms in total. The Kier molecular flexibility index (Phi) is 5.65. The summed E-state index contributed by atoms with van der Waals surface area (Å²) < 4.78 is 1.91. The van der Waals surface area contributed by atoms with E-state index in [1.54, 1.807) is 6.20 Å². The summed E-state index contributed by atoms with van der Waals surface area (Å²) in [6.07, 6.45) is 3.74. The first-order valence-corrected chi connectivity index (χ1v) is 8.35. The Morgan fingerprint density at radius 2 is 2.13 bits per heavy atom. The molecule has 0 fully saturated rings. The topological polar surface area (TPSA) is 41.9 Å². The Morgan fingerprint density at radius 3 is 2.74 bits per heavy atom. The first kappa shape index (κ1) is 17.8. The van der Waals surface area contributed by atoms with E-state index in [0.717, 1.165) is 17.8 Å². The van der Waals surface area contributed by atoms with E-state index in [2.05, 4.69) is 36.5 Å². The minimum absolute atomic E-state index is 0.0288. The lowest BCUT2D eigenvalue weighted by molar-refractivity contribution is 0.262. The van der Waals surface area contributed by atoms with E-state index in [0.29, 0.717) is 10.1 Å². The lowest BCUT2D eigenvalue weighted by Gasteiger charge is -2.32. The van der Waals surface area contributed by atoms with E-state index < -0.39 is 0 Å². The summed E-state index contributed by atoms with van der Waals surface area (Å²) >= 11 is 11.5. The summed E-state index contributed by atoms with van der Waals surface area (Å²) in [4.78, 5) is 0. The molecule has 1 atom stereocenters. The molecule has 0 saturated carbocycles. The predicted octanol–water partition coefficient (Wildman–Crippen LogP) is 4.25. The molecule has 0 aliphatic heterocycles. The Labute approximate surface area is 148 Å². The highest BCUT2D eigenvalue weighted by Gasteiger charge is 2.26. The van der Waals surface area contributed by atoms with Crippen LogP contribution in [0, 0.1) is 12.3 Å². The van der Waals surface area contributed by atoms with Crippen molar-refractivity contribution < 1.29 is 0 Å². The number of aromatic nitrogens is 2. The van der Waals surface area contributed by atoms with Crippen molar-refractivity contribution in [3.05, 3.63) is 47.2 Å². The van der Waals surface area contributed by atoms with Gasteiger partial charge in [0.25, 0.3) is 0 Å². The maximum absolute atomic E-state index is 6.06. The molecule has 2 N–H and O–H groups in total. The molecule has 1 aromatic carbocycles. The lowest BCUT2D eigenvalue weighted by atomic mass is 9.87. The van der Waals surface area contributed by atoms with Crippen LogP contribution in [-0.2, 0) is 6.54 Å². The van der Waals surface area contributed by atoms with Gasteiger partial charge in [-0.25, -0.2) is 0 Å². The molecule has 0 aliphatic rings. The molecule has 2 aromatic rings. The van der Waals surface area contributed by atoms with Crippen molar-refractivity contribution in [2.24, 2.45) is 5.41 Å². The molecule has 124 valence electrons. The van der Waals surface area contributed by atoms with Gasteiger partial charge in [-0.15, -0.1) is 0 Å². The smallest absolute Gasteiger partial charge is 0.171 e. The van der Waals surface area contributed by atoms with Crippen molar-refractivity contribution in [2.75, 3.05) is 5.32 Å². The summed E-state index contributed by atoms with van der Waals surface area (Å²) in [6.45, 7) is 9.31. The van der Waals surface area contributed by atoms with Gasteiger partial charge in [0.05, 0.1) is 12.6 Å². The second kappa shape index (κ2) is 7.32. The minimum Gasteiger partial charge on any atom is -0.357 e. The van der Waals surface area contributed by atoms with Crippen LogP contribution in [0.4, 0.5) is 5.69 Å². The van der Waals surface area contributed by atoms with Crippen LogP contribution in [0.1, 0.15) is 26.3 Å². The lowest BCUT2D eigenvalue weighted by Crippen LogP contribution is -2.48. The van der Waals surface area contributed by atoms with Gasteiger partial charge in [-0.2, -0.15) is 5.10 Å². The maximum Gasteiger partial charge on any atom is 0.171 e. The van der Waals surface area contributed by atoms with Crippen molar-refractivity contribution in [2.45, 2.75) is 40.3 Å². The number of nitrogens with one attached hydrogen (secondary N) is 2. The second-order valence-electron chi connectivity index (χ2n) is 6.70. The highest BCUT2D eigenvalue weighted by Crippen LogP contribution is 2.22. The number of hydrogen-bond acceptors (Lipinski definition) is 2. The van der Waals surface area contributed by atoms with Crippen molar-refractivity contribution in [1.29, 1.82) is 0 Å². The predicted molar refractivity (Wildman–Crippen MR) is 101 cm³/mol. The number of nitrogens with zero attached hydrogens (tertiary/aromatic N) is 2. The number of rotatable bonds is 4. The molecule has 0 spiro atoms. The number of benzene rings is 1. The van der Waals surface area contributed by atoms with Gasteiger partial charge >= 0.3 is 0 Å². The van der Waals surface area contributed by atoms with Gasteiger partial charge in [0, 0.05) is 23.1 Å². The molecule has 0 saturated heterocycles. The number of thiocarbonyl (C=S) groups is 1. The minimum atomic E-state index is 0.0288. The SMILES string of the molecule is Cc1ccc(Cl)cc1NC(=S)NC(Cn1cccn1)C(C)(C)C. The van der Waals surface area contributed by atoms with Crippen LogP contribution in [0.15, 0.2) is 36.7 Å². The van der Waals surface area contributed by atoms with Gasteiger partial charge in [0.2, 0.25) is 0 Å².